The van der Waals surface area contributed by atoms with Crippen LogP contribution in [0.4, 0.5) is 0 Å². The van der Waals surface area contributed by atoms with Gasteiger partial charge in [-0.3, -0.25) is 14.5 Å². The molecule has 1 fully saturated rings. The van der Waals surface area contributed by atoms with Crippen molar-refractivity contribution in [3.05, 3.63) is 65.4 Å². The number of ether oxygens (including phenoxy) is 2. The number of methoxy groups -OCH3 is 2. The van der Waals surface area contributed by atoms with Gasteiger partial charge in [0.1, 0.15) is 17.2 Å². The lowest BCUT2D eigenvalue weighted by Gasteiger charge is -2.36. The van der Waals surface area contributed by atoms with Crippen molar-refractivity contribution in [3.8, 4) is 11.5 Å². The molecule has 0 N–H and O–H groups in total. The van der Waals surface area contributed by atoms with Crippen molar-refractivity contribution in [2.75, 3.05) is 41.4 Å². The molecule has 2 amide bonds. The topological polar surface area (TPSA) is 62.3 Å². The lowest BCUT2D eigenvalue weighted by Crippen LogP contribution is -2.43. The Labute approximate surface area is 195 Å². The average Bonchev–Trinajstić information content (AvgIpc) is 3.09. The van der Waals surface area contributed by atoms with E-state index in [4.69, 9.17) is 9.47 Å². The maximum atomic E-state index is 13.7. The molecule has 0 aliphatic carbocycles. The van der Waals surface area contributed by atoms with Crippen LogP contribution in [0.1, 0.15) is 24.0 Å². The molecule has 0 bridgehead atoms. The van der Waals surface area contributed by atoms with Gasteiger partial charge >= 0.3 is 0 Å². The molecule has 0 radical (unpaired) electrons. The van der Waals surface area contributed by atoms with Crippen molar-refractivity contribution in [1.82, 2.24) is 14.7 Å². The SMILES string of the molecule is COc1ccc(CN2C(=O)C(c3ccccc3OC)=C(N(C)C3CCN(C)CC3)C2=O)cc1. The normalized spacial score (nSPS) is 17.6. The van der Waals surface area contributed by atoms with E-state index in [0.29, 0.717) is 22.6 Å². The molecule has 0 atom stereocenters. The molecule has 1 saturated heterocycles. The van der Waals surface area contributed by atoms with Crippen LogP contribution in [0.25, 0.3) is 5.57 Å². The zero-order valence-electron chi connectivity index (χ0n) is 19.7. The van der Waals surface area contributed by atoms with Crippen LogP contribution in [-0.4, -0.2) is 74.0 Å². The molecule has 0 saturated carbocycles. The smallest absolute Gasteiger partial charge is 0.278 e. The minimum absolute atomic E-state index is 0.193. The average molecular weight is 450 g/mol. The number of likely N-dealkylation sites (N-methyl/N-ethyl adjacent to an activating group) is 1. The fourth-order valence-electron chi connectivity index (χ4n) is 4.61. The number of amides is 2. The van der Waals surface area contributed by atoms with Crippen molar-refractivity contribution >= 4 is 17.4 Å². The third-order valence-corrected chi connectivity index (χ3v) is 6.61. The van der Waals surface area contributed by atoms with Crippen LogP contribution in [-0.2, 0) is 16.1 Å². The molecule has 2 aliphatic rings. The summed E-state index contributed by atoms with van der Waals surface area (Å²) < 4.78 is 10.8. The van der Waals surface area contributed by atoms with Gasteiger partial charge in [-0.2, -0.15) is 0 Å². The highest BCUT2D eigenvalue weighted by Gasteiger charge is 2.43. The second kappa shape index (κ2) is 9.67. The molecule has 2 aromatic rings. The number of para-hydroxylation sites is 1. The Kier molecular flexibility index (Phi) is 6.70. The molecule has 2 heterocycles. The van der Waals surface area contributed by atoms with E-state index >= 15 is 0 Å². The standard InChI is InChI=1S/C26H31N3O4/c1-27-15-13-19(14-16-27)28(2)24-23(21-7-5-6-8-22(21)33-4)25(30)29(26(24)31)17-18-9-11-20(32-3)12-10-18/h5-12,19H,13-17H2,1-4H3. The summed E-state index contributed by atoms with van der Waals surface area (Å²) >= 11 is 0. The van der Waals surface area contributed by atoms with Crippen molar-refractivity contribution in [2.45, 2.75) is 25.4 Å². The second-order valence-corrected chi connectivity index (χ2v) is 8.61. The van der Waals surface area contributed by atoms with E-state index in [1.807, 2.05) is 60.5 Å². The molecular weight excluding hydrogens is 418 g/mol. The third kappa shape index (κ3) is 4.46. The Morgan fingerprint density at radius 3 is 2.24 bits per heavy atom. The van der Waals surface area contributed by atoms with Crippen LogP contribution >= 0.6 is 0 Å². The number of hydrogen-bond acceptors (Lipinski definition) is 6. The number of carbonyl (C=O) groups is 2. The summed E-state index contributed by atoms with van der Waals surface area (Å²) in [5.74, 6) is 0.746. The number of likely N-dealkylation sites (tertiary alicyclic amines) is 1. The maximum absolute atomic E-state index is 13.7. The molecule has 7 heteroatoms. The lowest BCUT2D eigenvalue weighted by molar-refractivity contribution is -0.138. The number of imide groups is 1. The summed E-state index contributed by atoms with van der Waals surface area (Å²) in [6.07, 6.45) is 1.88. The van der Waals surface area contributed by atoms with Crippen molar-refractivity contribution in [2.24, 2.45) is 0 Å². The Balaban J connectivity index is 1.72. The molecule has 174 valence electrons. The molecule has 4 rings (SSSR count). The van der Waals surface area contributed by atoms with Gasteiger partial charge in [-0.15, -0.1) is 0 Å². The number of piperidine rings is 1. The minimum atomic E-state index is -0.296. The van der Waals surface area contributed by atoms with Crippen molar-refractivity contribution in [1.29, 1.82) is 0 Å². The Morgan fingerprint density at radius 2 is 1.61 bits per heavy atom. The molecule has 0 spiro atoms. The first-order valence-corrected chi connectivity index (χ1v) is 11.2. The van der Waals surface area contributed by atoms with Gasteiger partial charge in [0, 0.05) is 18.7 Å². The first-order valence-electron chi connectivity index (χ1n) is 11.2. The predicted octanol–water partition coefficient (Wildman–Crippen LogP) is 3.01. The van der Waals surface area contributed by atoms with E-state index in [2.05, 4.69) is 11.9 Å². The number of benzene rings is 2. The number of hydrogen-bond donors (Lipinski definition) is 0. The zero-order chi connectivity index (χ0) is 23.5. The van der Waals surface area contributed by atoms with E-state index < -0.39 is 0 Å². The van der Waals surface area contributed by atoms with Gasteiger partial charge in [0.2, 0.25) is 0 Å². The monoisotopic (exact) mass is 449 g/mol. The summed E-state index contributed by atoms with van der Waals surface area (Å²) in [5.41, 5.74) is 2.37. The lowest BCUT2D eigenvalue weighted by atomic mass is 9.99. The van der Waals surface area contributed by atoms with Gasteiger partial charge in [-0.1, -0.05) is 30.3 Å². The number of rotatable bonds is 7. The van der Waals surface area contributed by atoms with E-state index in [1.165, 1.54) is 4.90 Å². The first kappa shape index (κ1) is 22.9. The van der Waals surface area contributed by atoms with Crippen LogP contribution in [0.15, 0.2) is 54.2 Å². The van der Waals surface area contributed by atoms with Crippen LogP contribution in [0.2, 0.25) is 0 Å². The van der Waals surface area contributed by atoms with Crippen molar-refractivity contribution < 1.29 is 19.1 Å². The van der Waals surface area contributed by atoms with Gasteiger partial charge in [0.15, 0.2) is 0 Å². The van der Waals surface area contributed by atoms with Gasteiger partial charge in [0.25, 0.3) is 11.8 Å². The quantitative estimate of drug-likeness (QED) is 0.606. The molecular formula is C26H31N3O4. The number of nitrogens with zero attached hydrogens (tertiary/aromatic N) is 3. The number of carbonyl (C=O) groups excluding carboxylic acids is 2. The summed E-state index contributed by atoms with van der Waals surface area (Å²) in [7, 11) is 7.23. The van der Waals surface area contributed by atoms with Gasteiger partial charge < -0.3 is 19.3 Å². The van der Waals surface area contributed by atoms with Crippen LogP contribution in [0.5, 0.6) is 11.5 Å². The molecule has 7 nitrogen and oxygen atoms in total. The molecule has 33 heavy (non-hydrogen) atoms. The molecule has 0 aromatic heterocycles. The van der Waals surface area contributed by atoms with Crippen molar-refractivity contribution in [3.63, 3.8) is 0 Å². The highest BCUT2D eigenvalue weighted by atomic mass is 16.5. The van der Waals surface area contributed by atoms with E-state index in [9.17, 15) is 9.59 Å². The summed E-state index contributed by atoms with van der Waals surface area (Å²) in [4.78, 5) is 33.0. The van der Waals surface area contributed by atoms with E-state index in [0.717, 1.165) is 37.2 Å². The van der Waals surface area contributed by atoms with Crippen LogP contribution in [0, 0.1) is 0 Å². The maximum Gasteiger partial charge on any atom is 0.278 e. The minimum Gasteiger partial charge on any atom is -0.497 e. The largest absolute Gasteiger partial charge is 0.497 e. The zero-order valence-corrected chi connectivity index (χ0v) is 19.7. The highest BCUT2D eigenvalue weighted by molar-refractivity contribution is 6.35. The third-order valence-electron chi connectivity index (χ3n) is 6.61. The van der Waals surface area contributed by atoms with Gasteiger partial charge in [-0.05, 0) is 56.7 Å². The van der Waals surface area contributed by atoms with Crippen LogP contribution < -0.4 is 9.47 Å². The Hall–Kier alpha value is -3.32. The molecule has 2 aromatic carbocycles. The van der Waals surface area contributed by atoms with Crippen LogP contribution in [0.3, 0.4) is 0 Å². The molecule has 2 aliphatic heterocycles. The van der Waals surface area contributed by atoms with E-state index in [-0.39, 0.29) is 24.4 Å². The second-order valence-electron chi connectivity index (χ2n) is 8.61. The predicted molar refractivity (Wildman–Crippen MR) is 127 cm³/mol. The first-order chi connectivity index (χ1) is 15.9. The summed E-state index contributed by atoms with van der Waals surface area (Å²) in [5, 5.41) is 0. The highest BCUT2D eigenvalue weighted by Crippen LogP contribution is 2.37. The summed E-state index contributed by atoms with van der Waals surface area (Å²) in [6.45, 7) is 2.12. The Bertz CT molecular complexity index is 1060. The Morgan fingerprint density at radius 1 is 0.939 bits per heavy atom. The van der Waals surface area contributed by atoms with Gasteiger partial charge in [0.05, 0.1) is 26.3 Å². The fraction of sp³-hybridized carbons (Fsp3) is 0.385. The van der Waals surface area contributed by atoms with Gasteiger partial charge in [-0.25, -0.2) is 0 Å². The summed E-state index contributed by atoms with van der Waals surface area (Å²) in [6, 6.07) is 15.0. The molecule has 0 unspecified atom stereocenters. The van der Waals surface area contributed by atoms with E-state index in [1.54, 1.807) is 14.2 Å². The fourth-order valence-corrected chi connectivity index (χ4v) is 4.61.